The van der Waals surface area contributed by atoms with Crippen LogP contribution in [0.15, 0.2) is 73.4 Å². The fourth-order valence-electron chi connectivity index (χ4n) is 4.48. The molecule has 9 nitrogen and oxygen atoms in total. The number of alkyl halides is 3. The Balaban J connectivity index is 1.28. The van der Waals surface area contributed by atoms with Crippen LogP contribution in [0.4, 0.5) is 24.5 Å². The molecule has 0 bridgehead atoms. The van der Waals surface area contributed by atoms with Crippen LogP contribution in [0.3, 0.4) is 0 Å². The lowest BCUT2D eigenvalue weighted by molar-refractivity contribution is -0.137. The highest BCUT2D eigenvalue weighted by molar-refractivity contribution is 7.21. The van der Waals surface area contributed by atoms with Gasteiger partial charge in [0.05, 0.1) is 29.6 Å². The number of thiophene rings is 1. The van der Waals surface area contributed by atoms with Gasteiger partial charge in [-0.15, -0.1) is 11.3 Å². The smallest absolute Gasteiger partial charge is 0.416 e. The third-order valence-corrected chi connectivity index (χ3v) is 7.65. The minimum atomic E-state index is -4.64. The van der Waals surface area contributed by atoms with E-state index in [1.807, 2.05) is 6.07 Å². The topological polar surface area (TPSA) is 114 Å². The lowest BCUT2D eigenvalue weighted by atomic mass is 10.1. The molecule has 0 atom stereocenters. The summed E-state index contributed by atoms with van der Waals surface area (Å²) in [6, 6.07) is 11.2. The molecule has 0 radical (unpaired) electrons. The van der Waals surface area contributed by atoms with Gasteiger partial charge in [0.2, 0.25) is 0 Å². The first-order chi connectivity index (χ1) is 20.1. The molecule has 0 aliphatic heterocycles. The summed E-state index contributed by atoms with van der Waals surface area (Å²) < 4.78 is 48.7. The number of aryl methyl sites for hydroxylation is 1. The Morgan fingerprint density at radius 3 is 2.52 bits per heavy atom. The van der Waals surface area contributed by atoms with Crippen molar-refractivity contribution in [3.8, 4) is 11.4 Å². The highest BCUT2D eigenvalue weighted by Crippen LogP contribution is 2.34. The number of aromatic amines is 1. The predicted molar refractivity (Wildman–Crippen MR) is 154 cm³/mol. The zero-order valence-corrected chi connectivity index (χ0v) is 22.9. The quantitative estimate of drug-likeness (QED) is 0.197. The van der Waals surface area contributed by atoms with E-state index in [-0.39, 0.29) is 28.4 Å². The number of ether oxygens (including phenoxy) is 1. The van der Waals surface area contributed by atoms with Crippen molar-refractivity contribution in [3.05, 3.63) is 95.1 Å². The third-order valence-electron chi connectivity index (χ3n) is 6.46. The summed E-state index contributed by atoms with van der Waals surface area (Å²) in [5, 5.41) is 7.03. The molecule has 42 heavy (non-hydrogen) atoms. The molecular weight excluding hydrogens is 569 g/mol. The molecule has 0 saturated heterocycles. The number of carbonyl (C=O) groups is 2. The second-order valence-corrected chi connectivity index (χ2v) is 10.5. The Hall–Kier alpha value is -5.17. The Labute approximate surface area is 240 Å². The number of nitrogens with zero attached hydrogens (tertiary/aromatic N) is 3. The summed E-state index contributed by atoms with van der Waals surface area (Å²) in [5.41, 5.74) is 0.842. The standard InChI is InChI=1S/C29H21F3N6O3S/c1-15-13-38(14-35-15)21-9-18(29(30,31)32)8-20(10-21)36-27(39)16-5-19(11-22(6-16)41-2)37-28(40)24-7-17-12-34-26-23(3-4-33-26)25(17)42-24/h3-14H,1-2H3,(H,33,34)(H,36,39)(H,37,40). The molecule has 0 aliphatic rings. The minimum absolute atomic E-state index is 0.0664. The lowest BCUT2D eigenvalue weighted by Gasteiger charge is -2.14. The number of nitrogens with one attached hydrogen (secondary N) is 3. The normalized spacial score (nSPS) is 11.6. The highest BCUT2D eigenvalue weighted by Gasteiger charge is 2.31. The number of rotatable bonds is 6. The molecule has 6 aromatic rings. The predicted octanol–water partition coefficient (Wildman–Crippen LogP) is 6.80. The Kier molecular flexibility index (Phi) is 6.65. The summed E-state index contributed by atoms with van der Waals surface area (Å²) >= 11 is 1.30. The molecule has 0 spiro atoms. The monoisotopic (exact) mass is 590 g/mol. The molecule has 0 aliphatic carbocycles. The van der Waals surface area contributed by atoms with Gasteiger partial charge in [-0.2, -0.15) is 13.2 Å². The first-order valence-corrected chi connectivity index (χ1v) is 13.3. The Morgan fingerprint density at radius 1 is 1.00 bits per heavy atom. The molecule has 0 unspecified atom stereocenters. The average Bonchev–Trinajstić information content (AvgIpc) is 3.71. The van der Waals surface area contributed by atoms with E-state index in [0.29, 0.717) is 16.2 Å². The van der Waals surface area contributed by atoms with Crippen LogP contribution >= 0.6 is 11.3 Å². The number of pyridine rings is 1. The van der Waals surface area contributed by atoms with Crippen molar-refractivity contribution in [2.45, 2.75) is 13.1 Å². The van der Waals surface area contributed by atoms with Crippen LogP contribution in [0.25, 0.3) is 26.8 Å². The summed E-state index contributed by atoms with van der Waals surface area (Å²) in [6.07, 6.45) is 1.78. The van der Waals surface area contributed by atoms with Gasteiger partial charge in [0.25, 0.3) is 11.8 Å². The first kappa shape index (κ1) is 27.0. The number of hydrogen-bond donors (Lipinski definition) is 3. The summed E-state index contributed by atoms with van der Waals surface area (Å²) in [5.74, 6) is -0.831. The maximum atomic E-state index is 13.7. The maximum absolute atomic E-state index is 13.7. The van der Waals surface area contributed by atoms with E-state index in [0.717, 1.165) is 27.6 Å². The van der Waals surface area contributed by atoms with Crippen LogP contribution in [0.5, 0.6) is 5.75 Å². The molecule has 13 heteroatoms. The fourth-order valence-corrected chi connectivity index (χ4v) is 5.54. The van der Waals surface area contributed by atoms with E-state index in [9.17, 15) is 22.8 Å². The molecule has 0 saturated carbocycles. The largest absolute Gasteiger partial charge is 0.497 e. The number of hydrogen-bond acceptors (Lipinski definition) is 6. The van der Waals surface area contributed by atoms with E-state index >= 15 is 0 Å². The van der Waals surface area contributed by atoms with Crippen molar-refractivity contribution in [1.82, 2.24) is 19.5 Å². The third kappa shape index (κ3) is 5.29. The van der Waals surface area contributed by atoms with Gasteiger partial charge < -0.3 is 24.9 Å². The number of methoxy groups -OCH3 is 1. The molecule has 212 valence electrons. The number of benzene rings is 2. The zero-order valence-electron chi connectivity index (χ0n) is 22.0. The van der Waals surface area contributed by atoms with E-state index in [1.54, 1.807) is 31.6 Å². The SMILES string of the molecule is COc1cc(NC(=O)c2cc3cnc4[nH]ccc4c3s2)cc(C(=O)Nc2cc(-n3cnc(C)c3)cc(C(F)(F)F)c2)c1. The van der Waals surface area contributed by atoms with Crippen molar-refractivity contribution in [3.63, 3.8) is 0 Å². The summed E-state index contributed by atoms with van der Waals surface area (Å²) in [7, 11) is 1.40. The summed E-state index contributed by atoms with van der Waals surface area (Å²) in [4.78, 5) is 38.3. The fraction of sp³-hybridized carbons (Fsp3) is 0.103. The number of imidazole rings is 1. The van der Waals surface area contributed by atoms with E-state index < -0.39 is 23.6 Å². The molecule has 3 N–H and O–H groups in total. The number of H-pyrrole nitrogens is 1. The molecule has 2 amide bonds. The highest BCUT2D eigenvalue weighted by atomic mass is 32.1. The molecule has 4 heterocycles. The van der Waals surface area contributed by atoms with E-state index in [1.165, 1.54) is 53.6 Å². The Morgan fingerprint density at radius 2 is 1.79 bits per heavy atom. The maximum Gasteiger partial charge on any atom is 0.416 e. The average molecular weight is 591 g/mol. The van der Waals surface area contributed by atoms with Gasteiger partial charge in [0, 0.05) is 62.8 Å². The Bertz CT molecular complexity index is 1990. The number of halogens is 3. The van der Waals surface area contributed by atoms with Crippen LogP contribution in [0, 0.1) is 6.92 Å². The minimum Gasteiger partial charge on any atom is -0.497 e. The van der Waals surface area contributed by atoms with Crippen LogP contribution in [0.2, 0.25) is 0 Å². The molecule has 6 rings (SSSR count). The number of anilines is 2. The number of carbonyl (C=O) groups excluding carboxylic acids is 2. The van der Waals surface area contributed by atoms with Gasteiger partial charge in [-0.1, -0.05) is 0 Å². The van der Waals surface area contributed by atoms with Crippen molar-refractivity contribution in [1.29, 1.82) is 0 Å². The van der Waals surface area contributed by atoms with Gasteiger partial charge in [-0.25, -0.2) is 9.97 Å². The van der Waals surface area contributed by atoms with Crippen LogP contribution < -0.4 is 15.4 Å². The second kappa shape index (κ2) is 10.3. The van der Waals surface area contributed by atoms with Crippen LogP contribution in [-0.2, 0) is 6.18 Å². The number of fused-ring (bicyclic) bond motifs is 3. The lowest BCUT2D eigenvalue weighted by Crippen LogP contribution is -2.15. The van der Waals surface area contributed by atoms with Crippen LogP contribution in [-0.4, -0.2) is 38.4 Å². The van der Waals surface area contributed by atoms with Crippen molar-refractivity contribution < 1.29 is 27.5 Å². The van der Waals surface area contributed by atoms with Crippen LogP contribution in [0.1, 0.15) is 31.3 Å². The molecule has 2 aromatic carbocycles. The second-order valence-electron chi connectivity index (χ2n) is 9.44. The van der Waals surface area contributed by atoms with Gasteiger partial charge in [0.15, 0.2) is 0 Å². The van der Waals surface area contributed by atoms with Gasteiger partial charge in [0.1, 0.15) is 11.4 Å². The van der Waals surface area contributed by atoms with Gasteiger partial charge in [-0.05, 0) is 49.4 Å². The van der Waals surface area contributed by atoms with Crippen molar-refractivity contribution in [2.24, 2.45) is 0 Å². The summed E-state index contributed by atoms with van der Waals surface area (Å²) in [6.45, 7) is 1.71. The van der Waals surface area contributed by atoms with E-state index in [2.05, 4.69) is 25.6 Å². The first-order valence-electron chi connectivity index (χ1n) is 12.5. The van der Waals surface area contributed by atoms with E-state index in [4.69, 9.17) is 4.74 Å². The molecule has 0 fully saturated rings. The van der Waals surface area contributed by atoms with Gasteiger partial charge in [-0.3, -0.25) is 9.59 Å². The van der Waals surface area contributed by atoms with Crippen molar-refractivity contribution >= 4 is 55.6 Å². The molecular formula is C29H21F3N6O3S. The number of amides is 2. The number of aromatic nitrogens is 4. The van der Waals surface area contributed by atoms with Gasteiger partial charge >= 0.3 is 6.18 Å². The molecule has 4 aromatic heterocycles. The van der Waals surface area contributed by atoms with Crippen molar-refractivity contribution in [2.75, 3.05) is 17.7 Å². The zero-order chi connectivity index (χ0) is 29.6.